The van der Waals surface area contributed by atoms with Crippen molar-refractivity contribution >= 4 is 40.8 Å². The first-order chi connectivity index (χ1) is 13.5. The standard InChI is InChI=1S/C22H17Cl2NO3/c23-18-11-6-16(7-12-18)8-15-21(26)28-25(20-4-2-1-3-5-20)22(27)17-9-13-19(24)14-10-17/h1-7,9-14H,8,15H2. The van der Waals surface area contributed by atoms with Gasteiger partial charge in [0.1, 0.15) is 0 Å². The summed E-state index contributed by atoms with van der Waals surface area (Å²) in [4.78, 5) is 30.7. The molecule has 0 aromatic heterocycles. The molecule has 0 aliphatic rings. The van der Waals surface area contributed by atoms with Crippen molar-refractivity contribution in [2.75, 3.05) is 5.06 Å². The zero-order valence-electron chi connectivity index (χ0n) is 14.8. The molecule has 0 saturated carbocycles. The highest BCUT2D eigenvalue weighted by molar-refractivity contribution is 6.31. The predicted octanol–water partition coefficient (Wildman–Crippen LogP) is 5.73. The minimum Gasteiger partial charge on any atom is -0.333 e. The fourth-order valence-electron chi connectivity index (χ4n) is 2.53. The summed E-state index contributed by atoms with van der Waals surface area (Å²) in [6, 6.07) is 22.4. The van der Waals surface area contributed by atoms with E-state index < -0.39 is 11.9 Å². The number of nitrogens with zero attached hydrogens (tertiary/aromatic N) is 1. The van der Waals surface area contributed by atoms with Crippen LogP contribution in [0.3, 0.4) is 0 Å². The van der Waals surface area contributed by atoms with Crippen molar-refractivity contribution in [3.63, 3.8) is 0 Å². The van der Waals surface area contributed by atoms with Crippen LogP contribution in [0.1, 0.15) is 22.3 Å². The third-order valence-corrected chi connectivity index (χ3v) is 4.49. The summed E-state index contributed by atoms with van der Waals surface area (Å²) < 4.78 is 0. The van der Waals surface area contributed by atoms with Gasteiger partial charge < -0.3 is 4.84 Å². The molecule has 28 heavy (non-hydrogen) atoms. The van der Waals surface area contributed by atoms with E-state index in [1.807, 2.05) is 18.2 Å². The smallest absolute Gasteiger partial charge is 0.333 e. The summed E-state index contributed by atoms with van der Waals surface area (Å²) in [5.74, 6) is -0.969. The van der Waals surface area contributed by atoms with Crippen LogP contribution in [0.4, 0.5) is 5.69 Å². The lowest BCUT2D eigenvalue weighted by atomic mass is 10.1. The Bertz CT molecular complexity index is 942. The van der Waals surface area contributed by atoms with Gasteiger partial charge in [-0.2, -0.15) is 0 Å². The molecule has 0 atom stereocenters. The SMILES string of the molecule is O=C(CCc1ccc(Cl)cc1)ON(C(=O)c1ccc(Cl)cc1)c1ccccc1. The number of hydrogen-bond acceptors (Lipinski definition) is 3. The highest BCUT2D eigenvalue weighted by atomic mass is 35.5. The summed E-state index contributed by atoms with van der Waals surface area (Å²) in [5, 5.41) is 2.16. The van der Waals surface area contributed by atoms with E-state index in [1.54, 1.807) is 60.7 Å². The number of carbonyl (C=O) groups is 2. The predicted molar refractivity (Wildman–Crippen MR) is 111 cm³/mol. The van der Waals surface area contributed by atoms with Crippen molar-refractivity contribution in [1.82, 2.24) is 0 Å². The summed E-state index contributed by atoms with van der Waals surface area (Å²) in [5.41, 5.74) is 1.78. The number of benzene rings is 3. The first kappa shape index (κ1) is 19.9. The number of rotatable bonds is 5. The number of carbonyl (C=O) groups excluding carboxylic acids is 2. The molecule has 0 aliphatic heterocycles. The average Bonchev–Trinajstić information content (AvgIpc) is 2.72. The highest BCUT2D eigenvalue weighted by Gasteiger charge is 2.22. The van der Waals surface area contributed by atoms with Crippen molar-refractivity contribution in [3.8, 4) is 0 Å². The van der Waals surface area contributed by atoms with Crippen molar-refractivity contribution in [2.45, 2.75) is 12.8 Å². The largest absolute Gasteiger partial charge is 0.333 e. The lowest BCUT2D eigenvalue weighted by molar-refractivity contribution is -0.144. The number of hydrogen-bond donors (Lipinski definition) is 0. The second kappa shape index (κ2) is 9.40. The summed E-state index contributed by atoms with van der Waals surface area (Å²) in [6.07, 6.45) is 0.604. The lowest BCUT2D eigenvalue weighted by Gasteiger charge is -2.21. The molecule has 3 rings (SSSR count). The third kappa shape index (κ3) is 5.35. The molecule has 0 radical (unpaired) electrons. The Morgan fingerprint density at radius 2 is 1.36 bits per heavy atom. The normalized spacial score (nSPS) is 10.4. The Hall–Kier alpha value is -2.82. The first-order valence-electron chi connectivity index (χ1n) is 8.63. The molecule has 3 aromatic rings. The molecule has 4 nitrogen and oxygen atoms in total. The van der Waals surface area contributed by atoms with Crippen LogP contribution < -0.4 is 5.06 Å². The maximum absolute atomic E-state index is 12.9. The molecule has 0 spiro atoms. The number of hydroxylamine groups is 1. The van der Waals surface area contributed by atoms with Gasteiger partial charge in [-0.1, -0.05) is 53.5 Å². The first-order valence-corrected chi connectivity index (χ1v) is 9.39. The molecule has 0 saturated heterocycles. The van der Waals surface area contributed by atoms with Crippen LogP contribution in [0.2, 0.25) is 10.0 Å². The van der Waals surface area contributed by atoms with Gasteiger partial charge in [-0.15, -0.1) is 5.06 Å². The quantitative estimate of drug-likeness (QED) is 0.501. The second-order valence-electron chi connectivity index (χ2n) is 6.03. The second-order valence-corrected chi connectivity index (χ2v) is 6.90. The molecular weight excluding hydrogens is 397 g/mol. The van der Waals surface area contributed by atoms with Gasteiger partial charge >= 0.3 is 5.97 Å². The van der Waals surface area contributed by atoms with Gasteiger partial charge in [0.15, 0.2) is 0 Å². The van der Waals surface area contributed by atoms with E-state index >= 15 is 0 Å². The molecule has 6 heteroatoms. The van der Waals surface area contributed by atoms with Crippen LogP contribution in [0.5, 0.6) is 0 Å². The van der Waals surface area contributed by atoms with Crippen LogP contribution in [0.15, 0.2) is 78.9 Å². The number of aryl methyl sites for hydroxylation is 1. The molecule has 0 N–H and O–H groups in total. The molecule has 0 bridgehead atoms. The number of anilines is 1. The number of para-hydroxylation sites is 1. The molecule has 3 aromatic carbocycles. The monoisotopic (exact) mass is 413 g/mol. The van der Waals surface area contributed by atoms with Crippen molar-refractivity contribution < 1.29 is 14.4 Å². The van der Waals surface area contributed by atoms with Crippen molar-refractivity contribution in [2.24, 2.45) is 0 Å². The topological polar surface area (TPSA) is 46.6 Å². The third-order valence-electron chi connectivity index (χ3n) is 3.99. The minimum atomic E-state index is -0.513. The van der Waals surface area contributed by atoms with E-state index in [0.717, 1.165) is 10.6 Å². The Kier molecular flexibility index (Phi) is 6.69. The molecule has 142 valence electrons. The Morgan fingerprint density at radius 1 is 0.786 bits per heavy atom. The zero-order chi connectivity index (χ0) is 19.9. The van der Waals surface area contributed by atoms with Gasteiger partial charge in [-0.05, 0) is 60.5 Å². The summed E-state index contributed by atoms with van der Waals surface area (Å²) in [7, 11) is 0. The van der Waals surface area contributed by atoms with E-state index in [-0.39, 0.29) is 6.42 Å². The van der Waals surface area contributed by atoms with Gasteiger partial charge in [-0.3, -0.25) is 4.79 Å². The molecule has 1 amide bonds. The zero-order valence-corrected chi connectivity index (χ0v) is 16.4. The van der Waals surface area contributed by atoms with Gasteiger partial charge in [0, 0.05) is 15.6 Å². The highest BCUT2D eigenvalue weighted by Crippen LogP contribution is 2.20. The van der Waals surface area contributed by atoms with Crippen LogP contribution >= 0.6 is 23.2 Å². The number of amides is 1. The van der Waals surface area contributed by atoms with Crippen LogP contribution in [0, 0.1) is 0 Å². The molecule has 0 heterocycles. The maximum atomic E-state index is 12.9. The van der Waals surface area contributed by atoms with Gasteiger partial charge in [-0.25, -0.2) is 4.79 Å². The Labute approximate surface area is 173 Å². The van der Waals surface area contributed by atoms with E-state index in [1.165, 1.54) is 0 Å². The van der Waals surface area contributed by atoms with E-state index in [4.69, 9.17) is 28.0 Å². The van der Waals surface area contributed by atoms with Gasteiger partial charge in [0.05, 0.1) is 12.1 Å². The van der Waals surface area contributed by atoms with Gasteiger partial charge in [0.25, 0.3) is 5.91 Å². The fourth-order valence-corrected chi connectivity index (χ4v) is 2.78. The molecule has 0 unspecified atom stereocenters. The summed E-state index contributed by atoms with van der Waals surface area (Å²) >= 11 is 11.8. The molecule has 0 fully saturated rings. The molecule has 0 aliphatic carbocycles. The van der Waals surface area contributed by atoms with Gasteiger partial charge in [0.2, 0.25) is 0 Å². The van der Waals surface area contributed by atoms with E-state index in [2.05, 4.69) is 0 Å². The fraction of sp³-hybridized carbons (Fsp3) is 0.0909. The Balaban J connectivity index is 1.73. The molecular formula is C22H17Cl2NO3. The summed E-state index contributed by atoms with van der Waals surface area (Å²) in [6.45, 7) is 0. The number of halogens is 2. The Morgan fingerprint density at radius 3 is 1.96 bits per heavy atom. The lowest BCUT2D eigenvalue weighted by Crippen LogP contribution is -2.33. The van der Waals surface area contributed by atoms with E-state index in [9.17, 15) is 9.59 Å². The van der Waals surface area contributed by atoms with Crippen molar-refractivity contribution in [3.05, 3.63) is 100 Å². The maximum Gasteiger partial charge on any atom is 0.333 e. The van der Waals surface area contributed by atoms with Crippen molar-refractivity contribution in [1.29, 1.82) is 0 Å². The van der Waals surface area contributed by atoms with Crippen LogP contribution in [-0.4, -0.2) is 11.9 Å². The van der Waals surface area contributed by atoms with E-state index in [0.29, 0.717) is 27.7 Å². The van der Waals surface area contributed by atoms with Crippen LogP contribution in [0.25, 0.3) is 0 Å². The van der Waals surface area contributed by atoms with Crippen LogP contribution in [-0.2, 0) is 16.1 Å². The average molecular weight is 414 g/mol. The minimum absolute atomic E-state index is 0.124.